The normalized spacial score (nSPS) is 13.1. The van der Waals surface area contributed by atoms with Crippen molar-refractivity contribution in [1.82, 2.24) is 8.87 Å². The number of halogens is 1. The van der Waals surface area contributed by atoms with Crippen molar-refractivity contribution in [3.05, 3.63) is 66.1 Å². The number of likely N-dealkylation sites (N-methyl/N-ethyl adjacent to an activating group) is 1. The van der Waals surface area contributed by atoms with Crippen LogP contribution < -0.4 is 0 Å². The first-order valence-electron chi connectivity index (χ1n) is 9.37. The summed E-state index contributed by atoms with van der Waals surface area (Å²) in [4.78, 5) is 11.2. The van der Waals surface area contributed by atoms with Crippen LogP contribution in [0.5, 0.6) is 0 Å². The van der Waals surface area contributed by atoms with Gasteiger partial charge >= 0.3 is 5.97 Å². The molecule has 0 amide bonds. The fourth-order valence-corrected chi connectivity index (χ4v) is 4.89. The third kappa shape index (κ3) is 4.53. The first-order valence-corrected chi connectivity index (χ1v) is 10.8. The van der Waals surface area contributed by atoms with E-state index in [2.05, 4.69) is 0 Å². The summed E-state index contributed by atoms with van der Waals surface area (Å²) < 4.78 is 42.2. The second-order valence-electron chi connectivity index (χ2n) is 7.04. The molecule has 0 aliphatic rings. The van der Waals surface area contributed by atoms with Gasteiger partial charge in [0.15, 0.2) is 0 Å². The molecule has 7 nitrogen and oxygen atoms in total. The summed E-state index contributed by atoms with van der Waals surface area (Å²) in [5.41, 5.74) is 1.41. The van der Waals surface area contributed by atoms with Gasteiger partial charge < -0.3 is 14.8 Å². The van der Waals surface area contributed by atoms with Crippen LogP contribution in [-0.4, -0.2) is 53.2 Å². The average Bonchev–Trinajstić information content (AvgIpc) is 3.04. The first kappa shape index (κ1) is 21.9. The Morgan fingerprint density at radius 3 is 2.47 bits per heavy atom. The average molecular weight is 434 g/mol. The Hall–Kier alpha value is -2.75. The van der Waals surface area contributed by atoms with Crippen molar-refractivity contribution in [3.8, 4) is 0 Å². The number of fused-ring (bicyclic) bond motifs is 1. The fourth-order valence-electron chi connectivity index (χ4n) is 3.51. The lowest BCUT2D eigenvalue weighted by Crippen LogP contribution is -2.40. The largest absolute Gasteiger partial charge is 0.481 e. The van der Waals surface area contributed by atoms with Crippen LogP contribution in [0.4, 0.5) is 4.39 Å². The molecular weight excluding hydrogens is 411 g/mol. The predicted octanol–water partition coefficient (Wildman–Crippen LogP) is 2.48. The number of benzene rings is 2. The van der Waals surface area contributed by atoms with Crippen LogP contribution in [-0.2, 0) is 27.8 Å². The van der Waals surface area contributed by atoms with Crippen molar-refractivity contribution >= 4 is 26.9 Å². The van der Waals surface area contributed by atoms with Gasteiger partial charge in [-0.2, -0.15) is 4.31 Å². The van der Waals surface area contributed by atoms with Gasteiger partial charge in [-0.25, -0.2) is 12.8 Å². The Labute approximate surface area is 174 Å². The zero-order valence-electron chi connectivity index (χ0n) is 16.4. The van der Waals surface area contributed by atoms with Crippen LogP contribution in [0, 0.1) is 5.82 Å². The number of rotatable bonds is 9. The number of aliphatic hydroxyl groups excluding tert-OH is 1. The minimum Gasteiger partial charge on any atom is -0.481 e. The molecule has 0 fully saturated rings. The molecular formula is C21H23FN2O5S. The highest BCUT2D eigenvalue weighted by Crippen LogP contribution is 2.25. The van der Waals surface area contributed by atoms with Crippen molar-refractivity contribution in [3.63, 3.8) is 0 Å². The van der Waals surface area contributed by atoms with Crippen LogP contribution >= 0.6 is 0 Å². The summed E-state index contributed by atoms with van der Waals surface area (Å²) in [6, 6.07) is 11.3. The number of hydrogen-bond donors (Lipinski definition) is 2. The third-order valence-electron chi connectivity index (χ3n) is 5.09. The summed E-state index contributed by atoms with van der Waals surface area (Å²) in [6.45, 7) is -0.00720. The summed E-state index contributed by atoms with van der Waals surface area (Å²) in [5, 5.41) is 19.5. The zero-order chi connectivity index (χ0) is 21.9. The fraction of sp³-hybridized carbons (Fsp3) is 0.286. The second kappa shape index (κ2) is 8.95. The molecule has 1 aromatic heterocycles. The van der Waals surface area contributed by atoms with Crippen molar-refractivity contribution < 1.29 is 27.8 Å². The number of para-hydroxylation sites is 1. The van der Waals surface area contributed by atoms with Gasteiger partial charge in [0.1, 0.15) is 5.82 Å². The SMILES string of the molecule is CN([C@@H](CCO)Cn1cc(CC(=O)O)c2ccccc21)S(=O)(=O)c1ccc(F)cc1. The van der Waals surface area contributed by atoms with Gasteiger partial charge in [-0.15, -0.1) is 0 Å². The molecule has 0 saturated heterocycles. The molecule has 30 heavy (non-hydrogen) atoms. The molecule has 0 bridgehead atoms. The molecule has 2 aromatic carbocycles. The number of hydrogen-bond acceptors (Lipinski definition) is 4. The lowest BCUT2D eigenvalue weighted by atomic mass is 10.1. The van der Waals surface area contributed by atoms with Gasteiger partial charge in [-0.1, -0.05) is 18.2 Å². The molecule has 0 saturated carbocycles. The molecule has 0 spiro atoms. The number of sulfonamides is 1. The van der Waals surface area contributed by atoms with Crippen LogP contribution in [0.25, 0.3) is 10.9 Å². The monoisotopic (exact) mass is 434 g/mol. The van der Waals surface area contributed by atoms with Gasteiger partial charge in [-0.3, -0.25) is 4.79 Å². The smallest absolute Gasteiger partial charge is 0.307 e. The summed E-state index contributed by atoms with van der Waals surface area (Å²) >= 11 is 0. The van der Waals surface area contributed by atoms with Crippen LogP contribution in [0.2, 0.25) is 0 Å². The van der Waals surface area contributed by atoms with E-state index >= 15 is 0 Å². The lowest BCUT2D eigenvalue weighted by molar-refractivity contribution is -0.136. The maximum absolute atomic E-state index is 13.2. The Balaban J connectivity index is 1.96. The van der Waals surface area contributed by atoms with Crippen molar-refractivity contribution in [2.75, 3.05) is 13.7 Å². The highest BCUT2D eigenvalue weighted by atomic mass is 32.2. The Morgan fingerprint density at radius 2 is 1.83 bits per heavy atom. The quantitative estimate of drug-likeness (QED) is 0.539. The lowest BCUT2D eigenvalue weighted by Gasteiger charge is -2.28. The van der Waals surface area contributed by atoms with Gasteiger partial charge in [-0.05, 0) is 42.3 Å². The zero-order valence-corrected chi connectivity index (χ0v) is 17.2. The molecule has 9 heteroatoms. The summed E-state index contributed by atoms with van der Waals surface area (Å²) in [6.07, 6.45) is 1.74. The highest BCUT2D eigenvalue weighted by Gasteiger charge is 2.28. The number of aromatic nitrogens is 1. The Morgan fingerprint density at radius 1 is 1.17 bits per heavy atom. The summed E-state index contributed by atoms with van der Waals surface area (Å²) in [5.74, 6) is -1.49. The van der Waals surface area contributed by atoms with Crippen molar-refractivity contribution in [2.45, 2.75) is 30.3 Å². The van der Waals surface area contributed by atoms with E-state index < -0.39 is 27.9 Å². The minimum atomic E-state index is -3.91. The molecule has 3 aromatic rings. The maximum Gasteiger partial charge on any atom is 0.307 e. The molecule has 3 rings (SSSR count). The molecule has 1 atom stereocenters. The minimum absolute atomic E-state index is 0.0433. The van der Waals surface area contributed by atoms with Crippen molar-refractivity contribution in [1.29, 1.82) is 0 Å². The number of aliphatic carboxylic acids is 1. The van der Waals surface area contributed by atoms with E-state index in [4.69, 9.17) is 0 Å². The number of carboxylic acid groups (broad SMARTS) is 1. The second-order valence-corrected chi connectivity index (χ2v) is 9.03. The van der Waals surface area contributed by atoms with E-state index in [0.717, 1.165) is 23.0 Å². The van der Waals surface area contributed by atoms with E-state index in [1.54, 1.807) is 6.20 Å². The van der Waals surface area contributed by atoms with Crippen LogP contribution in [0.3, 0.4) is 0 Å². The molecule has 0 unspecified atom stereocenters. The maximum atomic E-state index is 13.2. The van der Waals surface area contributed by atoms with Gasteiger partial charge in [0.25, 0.3) is 0 Å². The standard InChI is InChI=1S/C21H23FN2O5S/c1-23(30(28,29)18-8-6-16(22)7-9-18)17(10-11-25)14-24-13-15(12-21(26)27)19-4-2-3-5-20(19)24/h2-9,13,17,25H,10-12,14H2,1H3,(H,26,27)/t17-/m0/s1. The first-order chi connectivity index (χ1) is 14.2. The van der Waals surface area contributed by atoms with Crippen LogP contribution in [0.15, 0.2) is 59.6 Å². The van der Waals surface area contributed by atoms with E-state index in [0.29, 0.717) is 5.56 Å². The van der Waals surface area contributed by atoms with E-state index in [9.17, 15) is 27.8 Å². The number of aliphatic hydroxyl groups is 1. The van der Waals surface area contributed by atoms with Gasteiger partial charge in [0, 0.05) is 43.3 Å². The molecule has 0 radical (unpaired) electrons. The van der Waals surface area contributed by atoms with Gasteiger partial charge in [0.05, 0.1) is 11.3 Å². The Kier molecular flexibility index (Phi) is 6.55. The van der Waals surface area contributed by atoms with Crippen molar-refractivity contribution in [2.24, 2.45) is 0 Å². The number of carbonyl (C=O) groups is 1. The number of nitrogens with zero attached hydrogens (tertiary/aromatic N) is 2. The Bertz CT molecular complexity index is 1140. The van der Waals surface area contributed by atoms with Gasteiger partial charge in [0.2, 0.25) is 10.0 Å². The van der Waals surface area contributed by atoms with E-state index in [1.165, 1.54) is 23.5 Å². The molecule has 160 valence electrons. The molecule has 0 aliphatic carbocycles. The topological polar surface area (TPSA) is 99.8 Å². The summed E-state index contributed by atoms with van der Waals surface area (Å²) in [7, 11) is -2.50. The molecule has 2 N–H and O–H groups in total. The van der Waals surface area contributed by atoms with E-state index in [-0.39, 0.29) is 30.9 Å². The predicted molar refractivity (Wildman–Crippen MR) is 110 cm³/mol. The molecule has 1 heterocycles. The molecule has 0 aliphatic heterocycles. The van der Waals surface area contributed by atoms with E-state index in [1.807, 2.05) is 28.8 Å². The highest BCUT2D eigenvalue weighted by molar-refractivity contribution is 7.89. The van der Waals surface area contributed by atoms with Crippen LogP contribution in [0.1, 0.15) is 12.0 Å². The number of carboxylic acids is 1. The third-order valence-corrected chi connectivity index (χ3v) is 7.01.